The third kappa shape index (κ3) is 2.66. The Morgan fingerprint density at radius 1 is 1.20 bits per heavy atom. The first-order valence-electron chi connectivity index (χ1n) is 5.85. The number of nitrogen functional groups attached to an aromatic ring is 1. The van der Waals surface area contributed by atoms with E-state index in [9.17, 15) is 4.79 Å². The minimum absolute atomic E-state index is 0.0923. The Balaban J connectivity index is 2.40. The maximum absolute atomic E-state index is 11.8. The van der Waals surface area contributed by atoms with Gasteiger partial charge in [0.2, 0.25) is 11.9 Å². The van der Waals surface area contributed by atoms with Gasteiger partial charge in [0, 0.05) is 34.4 Å². The van der Waals surface area contributed by atoms with E-state index < -0.39 is 0 Å². The lowest BCUT2D eigenvalue weighted by atomic mass is 10.4. The Labute approximate surface area is 116 Å². The standard InChI is InChI=1S/C11H16N8O/c1-17(2)8(20)7-5-6-19(16-7)11-14-9(12)13-10(15-11)18(3)4/h5-6H,1-4H3,(H2,12,13,14,15). The average molecular weight is 276 g/mol. The number of carbonyl (C=O) groups excluding carboxylic acids is 1. The van der Waals surface area contributed by atoms with Crippen molar-refractivity contribution >= 4 is 17.8 Å². The summed E-state index contributed by atoms with van der Waals surface area (Å²) in [5.41, 5.74) is 5.95. The maximum Gasteiger partial charge on any atom is 0.273 e. The Bertz CT molecular complexity index is 633. The van der Waals surface area contributed by atoms with Gasteiger partial charge >= 0.3 is 0 Å². The van der Waals surface area contributed by atoms with Crippen LogP contribution in [0.15, 0.2) is 12.3 Å². The van der Waals surface area contributed by atoms with Crippen molar-refractivity contribution in [2.75, 3.05) is 38.8 Å². The summed E-state index contributed by atoms with van der Waals surface area (Å²) in [6.07, 6.45) is 1.60. The third-order valence-electron chi connectivity index (χ3n) is 2.45. The number of nitrogens with two attached hydrogens (primary N) is 1. The van der Waals surface area contributed by atoms with E-state index in [-0.39, 0.29) is 17.8 Å². The van der Waals surface area contributed by atoms with Crippen molar-refractivity contribution in [3.8, 4) is 5.95 Å². The summed E-state index contributed by atoms with van der Waals surface area (Å²) in [5.74, 6) is 0.579. The number of nitrogens with zero attached hydrogens (tertiary/aromatic N) is 7. The quantitative estimate of drug-likeness (QED) is 0.798. The molecule has 0 aliphatic carbocycles. The Hall–Kier alpha value is -2.71. The summed E-state index contributed by atoms with van der Waals surface area (Å²) < 4.78 is 1.39. The zero-order valence-corrected chi connectivity index (χ0v) is 11.8. The van der Waals surface area contributed by atoms with E-state index in [4.69, 9.17) is 5.73 Å². The van der Waals surface area contributed by atoms with Crippen LogP contribution in [-0.4, -0.2) is 63.7 Å². The number of aromatic nitrogens is 5. The van der Waals surface area contributed by atoms with Gasteiger partial charge in [-0.05, 0) is 6.07 Å². The molecular formula is C11H16N8O. The van der Waals surface area contributed by atoms with Crippen LogP contribution in [0, 0.1) is 0 Å². The molecular weight excluding hydrogens is 260 g/mol. The molecule has 9 heteroatoms. The van der Waals surface area contributed by atoms with E-state index >= 15 is 0 Å². The lowest BCUT2D eigenvalue weighted by Crippen LogP contribution is -2.22. The molecule has 20 heavy (non-hydrogen) atoms. The van der Waals surface area contributed by atoms with Gasteiger partial charge in [-0.25, -0.2) is 4.68 Å². The maximum atomic E-state index is 11.8. The first-order chi connectivity index (χ1) is 9.38. The van der Waals surface area contributed by atoms with Gasteiger partial charge in [0.05, 0.1) is 0 Å². The normalized spacial score (nSPS) is 10.4. The van der Waals surface area contributed by atoms with Crippen molar-refractivity contribution in [3.05, 3.63) is 18.0 Å². The number of hydrogen-bond donors (Lipinski definition) is 1. The van der Waals surface area contributed by atoms with Crippen molar-refractivity contribution in [2.45, 2.75) is 0 Å². The summed E-state index contributed by atoms with van der Waals surface area (Å²) in [7, 11) is 6.91. The Morgan fingerprint density at radius 2 is 1.90 bits per heavy atom. The molecule has 9 nitrogen and oxygen atoms in total. The summed E-state index contributed by atoms with van der Waals surface area (Å²) in [4.78, 5) is 27.2. The predicted molar refractivity (Wildman–Crippen MR) is 73.7 cm³/mol. The average Bonchev–Trinajstić information content (AvgIpc) is 2.86. The minimum atomic E-state index is -0.196. The highest BCUT2D eigenvalue weighted by atomic mass is 16.2. The van der Waals surface area contributed by atoms with Crippen molar-refractivity contribution in [2.24, 2.45) is 0 Å². The van der Waals surface area contributed by atoms with E-state index in [0.29, 0.717) is 11.6 Å². The van der Waals surface area contributed by atoms with Crippen LogP contribution in [0.25, 0.3) is 5.95 Å². The van der Waals surface area contributed by atoms with Crippen LogP contribution in [0.3, 0.4) is 0 Å². The summed E-state index contributed by atoms with van der Waals surface area (Å²) in [6, 6.07) is 1.59. The monoisotopic (exact) mass is 276 g/mol. The predicted octanol–water partition coefficient (Wildman–Crippen LogP) is -0.593. The zero-order valence-electron chi connectivity index (χ0n) is 11.8. The van der Waals surface area contributed by atoms with Crippen LogP contribution < -0.4 is 10.6 Å². The molecule has 0 spiro atoms. The van der Waals surface area contributed by atoms with Crippen LogP contribution in [0.1, 0.15) is 10.5 Å². The first kappa shape index (κ1) is 13.7. The molecule has 106 valence electrons. The number of carbonyl (C=O) groups is 1. The van der Waals surface area contributed by atoms with Gasteiger partial charge in [0.1, 0.15) is 0 Å². The van der Waals surface area contributed by atoms with E-state index in [2.05, 4.69) is 20.1 Å². The molecule has 0 fully saturated rings. The molecule has 0 saturated heterocycles. The topological polar surface area (TPSA) is 106 Å². The van der Waals surface area contributed by atoms with Crippen LogP contribution in [0.5, 0.6) is 0 Å². The van der Waals surface area contributed by atoms with Crippen molar-refractivity contribution in [3.63, 3.8) is 0 Å². The van der Waals surface area contributed by atoms with Gasteiger partial charge in [-0.15, -0.1) is 0 Å². The van der Waals surface area contributed by atoms with Gasteiger partial charge in [-0.2, -0.15) is 20.1 Å². The van der Waals surface area contributed by atoms with E-state index in [1.807, 2.05) is 0 Å². The van der Waals surface area contributed by atoms with Crippen molar-refractivity contribution < 1.29 is 4.79 Å². The lowest BCUT2D eigenvalue weighted by molar-refractivity contribution is 0.0821. The second-order valence-corrected chi connectivity index (χ2v) is 4.53. The van der Waals surface area contributed by atoms with Crippen molar-refractivity contribution in [1.29, 1.82) is 0 Å². The van der Waals surface area contributed by atoms with Crippen LogP contribution >= 0.6 is 0 Å². The molecule has 0 aliphatic heterocycles. The molecule has 0 atom stereocenters. The SMILES string of the molecule is CN(C)C(=O)c1ccn(-c2nc(N)nc(N(C)C)n2)n1. The lowest BCUT2D eigenvalue weighted by Gasteiger charge is -2.11. The fourth-order valence-electron chi connectivity index (χ4n) is 1.45. The van der Waals surface area contributed by atoms with Gasteiger partial charge in [-0.3, -0.25) is 4.79 Å². The highest BCUT2D eigenvalue weighted by molar-refractivity contribution is 5.91. The molecule has 2 aromatic heterocycles. The van der Waals surface area contributed by atoms with Gasteiger partial charge < -0.3 is 15.5 Å². The Kier molecular flexibility index (Phi) is 3.51. The highest BCUT2D eigenvalue weighted by Gasteiger charge is 2.14. The number of hydrogen-bond acceptors (Lipinski definition) is 7. The highest BCUT2D eigenvalue weighted by Crippen LogP contribution is 2.09. The van der Waals surface area contributed by atoms with Crippen LogP contribution in [0.2, 0.25) is 0 Å². The molecule has 0 radical (unpaired) electrons. The van der Waals surface area contributed by atoms with Crippen LogP contribution in [-0.2, 0) is 0 Å². The zero-order chi connectivity index (χ0) is 14.9. The van der Waals surface area contributed by atoms with E-state index in [1.165, 1.54) is 9.58 Å². The van der Waals surface area contributed by atoms with Gasteiger partial charge in [-0.1, -0.05) is 0 Å². The molecule has 0 aliphatic rings. The smallest absolute Gasteiger partial charge is 0.273 e. The molecule has 0 saturated carbocycles. The van der Waals surface area contributed by atoms with Crippen LogP contribution in [0.4, 0.5) is 11.9 Å². The van der Waals surface area contributed by atoms with E-state index in [1.54, 1.807) is 45.4 Å². The number of rotatable bonds is 3. The molecule has 0 unspecified atom stereocenters. The molecule has 2 aromatic rings. The van der Waals surface area contributed by atoms with Crippen molar-refractivity contribution in [1.82, 2.24) is 29.6 Å². The largest absolute Gasteiger partial charge is 0.368 e. The fraction of sp³-hybridized carbons (Fsp3) is 0.364. The van der Waals surface area contributed by atoms with E-state index in [0.717, 1.165) is 0 Å². The third-order valence-corrected chi connectivity index (χ3v) is 2.45. The molecule has 0 aromatic carbocycles. The number of amides is 1. The fourth-order valence-corrected chi connectivity index (χ4v) is 1.45. The summed E-state index contributed by atoms with van der Waals surface area (Å²) in [5, 5.41) is 4.14. The Morgan fingerprint density at radius 3 is 2.50 bits per heavy atom. The number of anilines is 2. The second kappa shape index (κ2) is 5.11. The summed E-state index contributed by atoms with van der Waals surface area (Å²) >= 11 is 0. The second-order valence-electron chi connectivity index (χ2n) is 4.53. The molecule has 2 heterocycles. The summed E-state index contributed by atoms with van der Waals surface area (Å²) in [6.45, 7) is 0. The molecule has 0 bridgehead atoms. The van der Waals surface area contributed by atoms with Gasteiger partial charge in [0.25, 0.3) is 11.9 Å². The first-order valence-corrected chi connectivity index (χ1v) is 5.85. The molecule has 1 amide bonds. The molecule has 2 N–H and O–H groups in total. The minimum Gasteiger partial charge on any atom is -0.368 e. The molecule has 2 rings (SSSR count). The van der Waals surface area contributed by atoms with Gasteiger partial charge in [0.15, 0.2) is 5.69 Å².